The van der Waals surface area contributed by atoms with Crippen molar-refractivity contribution in [3.8, 4) is 0 Å². The molecule has 0 amide bonds. The number of cyclic esters (lactones) is 1. The molecule has 1 saturated heterocycles. The summed E-state index contributed by atoms with van der Waals surface area (Å²) in [4.78, 5) is 49.5. The zero-order valence-electron chi connectivity index (χ0n) is 23.8. The van der Waals surface area contributed by atoms with E-state index in [1.54, 1.807) is 0 Å². The van der Waals surface area contributed by atoms with Gasteiger partial charge in [-0.3, -0.25) is 14.4 Å². The summed E-state index contributed by atoms with van der Waals surface area (Å²) in [5, 5.41) is 11.2. The second kappa shape index (κ2) is 10.8. The zero-order valence-corrected chi connectivity index (χ0v) is 23.8. The van der Waals surface area contributed by atoms with Gasteiger partial charge in [0.05, 0.1) is 24.5 Å². The first kappa shape index (κ1) is 29.5. The van der Waals surface area contributed by atoms with Gasteiger partial charge in [0.15, 0.2) is 0 Å². The third-order valence-electron chi connectivity index (χ3n) is 9.96. The van der Waals surface area contributed by atoms with Gasteiger partial charge >= 0.3 is 23.9 Å². The standard InChI is InChI=1S/C29H42O10/c1-7-16(2)26(34)39-21-8-9-28(15-36-28)29(14-30)23(38-19(5)32)10-17(3)27(6,25(21)29)12-22(37-18(4)31)20-11-24(33)35-13-20/h11,16-17,21-23,25,30H,7-10,12-15H2,1-6H3/t16-,17+,21+,22-,23-,25+,27-,28-,29+/m0/s1. The fraction of sp³-hybridized carbons (Fsp3) is 0.793. The smallest absolute Gasteiger partial charge is 0.331 e. The highest BCUT2D eigenvalue weighted by Gasteiger charge is 2.77. The SMILES string of the molecule is CC[C@H](C)C(=O)O[C@@H]1CC[C@]2(CO2)[C@]2(CO)[C@@H](OC(C)=O)C[C@@H](C)[C@](C)(C[C@H](OC(C)=O)C3=CC(=O)OC3)[C@@H]12. The first-order chi connectivity index (χ1) is 18.3. The number of fused-ring (bicyclic) bond motifs is 2. The van der Waals surface area contributed by atoms with Crippen LogP contribution in [0.2, 0.25) is 0 Å². The molecule has 2 saturated carbocycles. The maximum atomic E-state index is 13.1. The molecule has 0 unspecified atom stereocenters. The molecule has 218 valence electrons. The van der Waals surface area contributed by atoms with E-state index >= 15 is 0 Å². The molecule has 2 aliphatic carbocycles. The molecule has 1 N–H and O–H groups in total. The van der Waals surface area contributed by atoms with E-state index in [0.29, 0.717) is 44.3 Å². The number of rotatable bonds is 9. The van der Waals surface area contributed by atoms with Crippen molar-refractivity contribution in [3.63, 3.8) is 0 Å². The van der Waals surface area contributed by atoms with Crippen molar-refractivity contribution in [2.24, 2.45) is 28.6 Å². The van der Waals surface area contributed by atoms with Gasteiger partial charge in [0.1, 0.15) is 30.5 Å². The van der Waals surface area contributed by atoms with Gasteiger partial charge in [0.25, 0.3) is 0 Å². The molecule has 1 spiro atoms. The number of hydrogen-bond acceptors (Lipinski definition) is 10. The topological polar surface area (TPSA) is 138 Å². The lowest BCUT2D eigenvalue weighted by atomic mass is 9.42. The minimum atomic E-state index is -1.05. The highest BCUT2D eigenvalue weighted by molar-refractivity contribution is 5.85. The lowest BCUT2D eigenvalue weighted by Crippen LogP contribution is -2.70. The number of aliphatic hydroxyl groups is 1. The van der Waals surface area contributed by atoms with Crippen molar-refractivity contribution in [2.45, 2.75) is 97.6 Å². The Labute approximate surface area is 229 Å². The Morgan fingerprint density at radius 3 is 2.41 bits per heavy atom. The minimum absolute atomic E-state index is 0.0204. The highest BCUT2D eigenvalue weighted by atomic mass is 16.6. The van der Waals surface area contributed by atoms with Crippen molar-refractivity contribution in [3.05, 3.63) is 11.6 Å². The number of carbonyl (C=O) groups is 4. The van der Waals surface area contributed by atoms with Crippen molar-refractivity contribution in [1.29, 1.82) is 0 Å². The predicted molar refractivity (Wildman–Crippen MR) is 137 cm³/mol. The number of epoxide rings is 1. The lowest BCUT2D eigenvalue weighted by Gasteiger charge is -2.64. The molecule has 2 heterocycles. The fourth-order valence-electron chi connectivity index (χ4n) is 7.51. The van der Waals surface area contributed by atoms with Gasteiger partial charge < -0.3 is 28.8 Å². The molecule has 39 heavy (non-hydrogen) atoms. The average molecular weight is 551 g/mol. The lowest BCUT2D eigenvalue weighted by molar-refractivity contribution is -0.257. The maximum Gasteiger partial charge on any atom is 0.331 e. The van der Waals surface area contributed by atoms with Crippen LogP contribution in [0, 0.1) is 28.6 Å². The molecule has 9 atom stereocenters. The van der Waals surface area contributed by atoms with Crippen LogP contribution in [0.1, 0.15) is 73.6 Å². The Kier molecular flexibility index (Phi) is 8.21. The van der Waals surface area contributed by atoms with Crippen LogP contribution in [0.5, 0.6) is 0 Å². The molecular weight excluding hydrogens is 508 g/mol. The Bertz CT molecular complexity index is 1030. The van der Waals surface area contributed by atoms with Crippen molar-refractivity contribution in [2.75, 3.05) is 19.8 Å². The van der Waals surface area contributed by atoms with Crippen LogP contribution in [0.25, 0.3) is 0 Å². The molecule has 0 aromatic heterocycles. The Balaban J connectivity index is 1.84. The van der Waals surface area contributed by atoms with Gasteiger partial charge in [-0.2, -0.15) is 0 Å². The number of ether oxygens (including phenoxy) is 5. The van der Waals surface area contributed by atoms with E-state index in [0.717, 1.165) is 0 Å². The molecule has 0 aromatic rings. The zero-order chi connectivity index (χ0) is 28.8. The van der Waals surface area contributed by atoms with Crippen LogP contribution < -0.4 is 0 Å². The number of carbonyl (C=O) groups excluding carboxylic acids is 4. The summed E-state index contributed by atoms with van der Waals surface area (Å²) >= 11 is 0. The Morgan fingerprint density at radius 1 is 1.21 bits per heavy atom. The van der Waals surface area contributed by atoms with E-state index in [-0.39, 0.29) is 31.0 Å². The van der Waals surface area contributed by atoms with Crippen LogP contribution in [-0.4, -0.2) is 72.7 Å². The van der Waals surface area contributed by atoms with E-state index in [2.05, 4.69) is 6.92 Å². The van der Waals surface area contributed by atoms with E-state index in [1.165, 1.54) is 19.9 Å². The van der Waals surface area contributed by atoms with Gasteiger partial charge in [-0.15, -0.1) is 0 Å². The van der Waals surface area contributed by atoms with Crippen LogP contribution in [-0.2, 0) is 42.9 Å². The van der Waals surface area contributed by atoms with E-state index in [1.807, 2.05) is 20.8 Å². The molecule has 0 bridgehead atoms. The maximum absolute atomic E-state index is 13.1. The van der Waals surface area contributed by atoms with Crippen molar-refractivity contribution in [1.82, 2.24) is 0 Å². The Hall–Kier alpha value is -2.46. The molecule has 10 nitrogen and oxygen atoms in total. The van der Waals surface area contributed by atoms with Gasteiger partial charge in [-0.05, 0) is 43.4 Å². The van der Waals surface area contributed by atoms with Crippen LogP contribution in [0.3, 0.4) is 0 Å². The Morgan fingerprint density at radius 2 is 1.90 bits per heavy atom. The molecule has 4 aliphatic rings. The predicted octanol–water partition coefficient (Wildman–Crippen LogP) is 2.88. The molecule has 4 rings (SSSR count). The molecular formula is C29H42O10. The summed E-state index contributed by atoms with van der Waals surface area (Å²) < 4.78 is 29.1. The number of aliphatic hydroxyl groups excluding tert-OH is 1. The largest absolute Gasteiger partial charge is 0.462 e. The molecule has 3 fully saturated rings. The number of hydrogen-bond donors (Lipinski definition) is 1. The summed E-state index contributed by atoms with van der Waals surface area (Å²) in [6, 6.07) is 0. The average Bonchev–Trinajstić information content (AvgIpc) is 3.52. The summed E-state index contributed by atoms with van der Waals surface area (Å²) in [6.07, 6.45) is 1.77. The summed E-state index contributed by atoms with van der Waals surface area (Å²) in [7, 11) is 0. The summed E-state index contributed by atoms with van der Waals surface area (Å²) in [5.74, 6) is -2.68. The third kappa shape index (κ3) is 5.10. The molecule has 2 aliphatic heterocycles. The number of esters is 4. The van der Waals surface area contributed by atoms with Gasteiger partial charge in [-0.25, -0.2) is 4.79 Å². The molecule has 0 radical (unpaired) electrons. The van der Waals surface area contributed by atoms with Crippen molar-refractivity contribution >= 4 is 23.9 Å². The molecule has 0 aromatic carbocycles. The first-order valence-electron chi connectivity index (χ1n) is 14.0. The summed E-state index contributed by atoms with van der Waals surface area (Å²) in [6.45, 7) is 10.6. The van der Waals surface area contributed by atoms with Crippen molar-refractivity contribution < 1.29 is 48.0 Å². The van der Waals surface area contributed by atoms with Crippen LogP contribution in [0.4, 0.5) is 0 Å². The van der Waals surface area contributed by atoms with Gasteiger partial charge in [0, 0.05) is 31.4 Å². The fourth-order valence-corrected chi connectivity index (χ4v) is 7.51. The van der Waals surface area contributed by atoms with Gasteiger partial charge in [-0.1, -0.05) is 27.7 Å². The van der Waals surface area contributed by atoms with E-state index in [9.17, 15) is 24.3 Å². The highest BCUT2D eigenvalue weighted by Crippen LogP contribution is 2.69. The van der Waals surface area contributed by atoms with E-state index < -0.39 is 58.6 Å². The molecule has 10 heteroatoms. The second-order valence-corrected chi connectivity index (χ2v) is 12.2. The monoisotopic (exact) mass is 550 g/mol. The van der Waals surface area contributed by atoms with Crippen LogP contribution in [0.15, 0.2) is 11.6 Å². The van der Waals surface area contributed by atoms with E-state index in [4.69, 9.17) is 23.7 Å². The quantitative estimate of drug-likeness (QED) is 0.259. The first-order valence-corrected chi connectivity index (χ1v) is 14.0. The van der Waals surface area contributed by atoms with Gasteiger partial charge in [0.2, 0.25) is 0 Å². The third-order valence-corrected chi connectivity index (χ3v) is 9.96. The normalized spacial score (nSPS) is 38.6. The van der Waals surface area contributed by atoms with Crippen LogP contribution >= 0.6 is 0 Å². The minimum Gasteiger partial charge on any atom is -0.462 e. The second-order valence-electron chi connectivity index (χ2n) is 12.2. The summed E-state index contributed by atoms with van der Waals surface area (Å²) in [5.41, 5.74) is -1.90.